The van der Waals surface area contributed by atoms with E-state index >= 15 is 0 Å². The summed E-state index contributed by atoms with van der Waals surface area (Å²) in [6.07, 6.45) is 1.70. The third-order valence-electron chi connectivity index (χ3n) is 7.30. The number of carbonyl (C=O) groups is 1. The van der Waals surface area contributed by atoms with Crippen molar-refractivity contribution >= 4 is 5.97 Å². The summed E-state index contributed by atoms with van der Waals surface area (Å²) in [4.78, 5) is 12.2. The van der Waals surface area contributed by atoms with Gasteiger partial charge in [0.25, 0.3) is 0 Å². The Hall–Kier alpha value is -2.21. The molecule has 0 aromatic heterocycles. The van der Waals surface area contributed by atoms with Crippen molar-refractivity contribution in [2.75, 3.05) is 13.7 Å². The number of rotatable bonds is 12. The van der Waals surface area contributed by atoms with Gasteiger partial charge in [-0.05, 0) is 36.8 Å². The normalized spacial score (nSPS) is 23.7. The summed E-state index contributed by atoms with van der Waals surface area (Å²) in [5, 5.41) is 0. The van der Waals surface area contributed by atoms with E-state index in [1.54, 1.807) is 0 Å². The first kappa shape index (κ1) is 27.4. The minimum Gasteiger partial charge on any atom is -0.469 e. The van der Waals surface area contributed by atoms with Crippen LogP contribution in [0, 0.1) is 23.7 Å². The van der Waals surface area contributed by atoms with Gasteiger partial charge in [-0.25, -0.2) is 0 Å². The number of hydrogen-bond acceptors (Lipinski definition) is 5. The number of methoxy groups -OCH3 is 1. The van der Waals surface area contributed by atoms with E-state index in [0.29, 0.717) is 25.7 Å². The second-order valence-corrected chi connectivity index (χ2v) is 10.1. The Morgan fingerprint density at radius 1 is 0.943 bits per heavy atom. The molecule has 7 atom stereocenters. The average Bonchev–Trinajstić information content (AvgIpc) is 2.89. The highest BCUT2D eigenvalue weighted by molar-refractivity contribution is 5.72. The standard InChI is InChI=1S/C30H42O5/c1-21-16-17-27(23(3)30(31)32-5)35-29(21)24(4)28(34-20-26-14-10-7-11-15-26)22(2)18-33-19-25-12-8-6-9-13-25/h6-15,21-24,27-29H,16-20H2,1-5H3/t21-,22-,23+,24-,27-,28-,29-/m0/s1. The summed E-state index contributed by atoms with van der Waals surface area (Å²) in [7, 11) is 1.44. The smallest absolute Gasteiger partial charge is 0.311 e. The van der Waals surface area contributed by atoms with Gasteiger partial charge in [0.05, 0.1) is 51.2 Å². The second kappa shape index (κ2) is 13.8. The Morgan fingerprint density at radius 3 is 2.14 bits per heavy atom. The second-order valence-electron chi connectivity index (χ2n) is 10.1. The Morgan fingerprint density at radius 2 is 1.54 bits per heavy atom. The Kier molecular flexibility index (Phi) is 10.8. The monoisotopic (exact) mass is 482 g/mol. The first-order chi connectivity index (χ1) is 16.9. The van der Waals surface area contributed by atoms with E-state index in [4.69, 9.17) is 18.9 Å². The van der Waals surface area contributed by atoms with E-state index in [0.717, 1.165) is 18.4 Å². The first-order valence-corrected chi connectivity index (χ1v) is 12.9. The van der Waals surface area contributed by atoms with Crippen LogP contribution in [0.3, 0.4) is 0 Å². The predicted octanol–water partition coefficient (Wildman–Crippen LogP) is 6.05. The maximum Gasteiger partial charge on any atom is 0.311 e. The van der Waals surface area contributed by atoms with Crippen molar-refractivity contribution in [3.8, 4) is 0 Å². The molecule has 2 aromatic rings. The predicted molar refractivity (Wildman–Crippen MR) is 138 cm³/mol. The summed E-state index contributed by atoms with van der Waals surface area (Å²) in [5.41, 5.74) is 2.32. The molecule has 0 unspecified atom stereocenters. The van der Waals surface area contributed by atoms with Crippen LogP contribution in [0.25, 0.3) is 0 Å². The van der Waals surface area contributed by atoms with Gasteiger partial charge in [0, 0.05) is 11.8 Å². The molecule has 0 bridgehead atoms. The van der Waals surface area contributed by atoms with Crippen LogP contribution in [0.5, 0.6) is 0 Å². The van der Waals surface area contributed by atoms with Crippen LogP contribution in [-0.2, 0) is 37.0 Å². The molecule has 1 fully saturated rings. The highest BCUT2D eigenvalue weighted by atomic mass is 16.5. The van der Waals surface area contributed by atoms with Crippen LogP contribution in [-0.4, -0.2) is 38.0 Å². The van der Waals surface area contributed by atoms with E-state index in [1.807, 2.05) is 43.3 Å². The molecule has 1 heterocycles. The lowest BCUT2D eigenvalue weighted by Gasteiger charge is -2.43. The van der Waals surface area contributed by atoms with E-state index in [2.05, 4.69) is 45.0 Å². The number of benzene rings is 2. The summed E-state index contributed by atoms with van der Waals surface area (Å²) in [5.74, 6) is 0.197. The number of carbonyl (C=O) groups excluding carboxylic acids is 1. The fourth-order valence-corrected chi connectivity index (χ4v) is 5.16. The molecule has 1 aliphatic heterocycles. The van der Waals surface area contributed by atoms with Gasteiger partial charge in [-0.3, -0.25) is 4.79 Å². The van der Waals surface area contributed by atoms with Crippen LogP contribution in [0.2, 0.25) is 0 Å². The van der Waals surface area contributed by atoms with Gasteiger partial charge in [-0.15, -0.1) is 0 Å². The minimum atomic E-state index is -0.280. The lowest BCUT2D eigenvalue weighted by molar-refractivity contribution is -0.174. The van der Waals surface area contributed by atoms with Crippen LogP contribution in [0.15, 0.2) is 60.7 Å². The summed E-state index contributed by atoms with van der Waals surface area (Å²) < 4.78 is 24.2. The van der Waals surface area contributed by atoms with Crippen LogP contribution in [0.1, 0.15) is 51.7 Å². The highest BCUT2D eigenvalue weighted by Crippen LogP contribution is 2.36. The van der Waals surface area contributed by atoms with Crippen molar-refractivity contribution in [2.45, 2.75) is 72.1 Å². The molecule has 0 amide bonds. The van der Waals surface area contributed by atoms with Crippen molar-refractivity contribution in [3.05, 3.63) is 71.8 Å². The third-order valence-corrected chi connectivity index (χ3v) is 7.30. The van der Waals surface area contributed by atoms with Gasteiger partial charge in [0.2, 0.25) is 0 Å². The lowest BCUT2D eigenvalue weighted by Crippen LogP contribution is -2.47. The topological polar surface area (TPSA) is 54.0 Å². The molecule has 0 spiro atoms. The molecule has 1 aliphatic rings. The van der Waals surface area contributed by atoms with Crippen LogP contribution in [0.4, 0.5) is 0 Å². The lowest BCUT2D eigenvalue weighted by atomic mass is 9.79. The summed E-state index contributed by atoms with van der Waals surface area (Å²) >= 11 is 0. The maximum atomic E-state index is 12.2. The van der Waals surface area contributed by atoms with Crippen molar-refractivity contribution in [2.24, 2.45) is 23.7 Å². The molecule has 5 heteroatoms. The Bertz CT molecular complexity index is 871. The molecular formula is C30H42O5. The molecule has 35 heavy (non-hydrogen) atoms. The Balaban J connectivity index is 1.69. The zero-order valence-electron chi connectivity index (χ0n) is 21.9. The van der Waals surface area contributed by atoms with Gasteiger partial charge in [0.1, 0.15) is 0 Å². The number of hydrogen-bond donors (Lipinski definition) is 0. The first-order valence-electron chi connectivity index (χ1n) is 12.9. The molecule has 0 aliphatic carbocycles. The van der Waals surface area contributed by atoms with E-state index in [-0.39, 0.29) is 42.0 Å². The Labute approximate surface area is 211 Å². The fraction of sp³-hybridized carbons (Fsp3) is 0.567. The van der Waals surface area contributed by atoms with Gasteiger partial charge in [0.15, 0.2) is 0 Å². The zero-order valence-corrected chi connectivity index (χ0v) is 21.9. The SMILES string of the molecule is COC(=O)[C@H](C)[C@@H]1CC[C@H](C)[C@@H]([C@@H](C)[C@@H](OCc2ccccc2)[C@@H](C)COCc2ccccc2)O1. The molecule has 0 N–H and O–H groups in total. The molecule has 192 valence electrons. The zero-order chi connectivity index (χ0) is 25.2. The molecule has 0 radical (unpaired) electrons. The fourth-order valence-electron chi connectivity index (χ4n) is 5.16. The van der Waals surface area contributed by atoms with Gasteiger partial charge in [-0.1, -0.05) is 81.4 Å². The van der Waals surface area contributed by atoms with Crippen LogP contribution < -0.4 is 0 Å². The number of ether oxygens (including phenoxy) is 4. The highest BCUT2D eigenvalue weighted by Gasteiger charge is 2.40. The van der Waals surface area contributed by atoms with Crippen molar-refractivity contribution in [3.63, 3.8) is 0 Å². The molecule has 1 saturated heterocycles. The van der Waals surface area contributed by atoms with Gasteiger partial charge >= 0.3 is 5.97 Å². The largest absolute Gasteiger partial charge is 0.469 e. The molecule has 0 saturated carbocycles. The quantitative estimate of drug-likeness (QED) is 0.345. The van der Waals surface area contributed by atoms with E-state index < -0.39 is 0 Å². The molecular weight excluding hydrogens is 440 g/mol. The van der Waals surface area contributed by atoms with E-state index in [9.17, 15) is 4.79 Å². The third kappa shape index (κ3) is 7.89. The van der Waals surface area contributed by atoms with Crippen molar-refractivity contribution < 1.29 is 23.7 Å². The van der Waals surface area contributed by atoms with Crippen molar-refractivity contribution in [1.29, 1.82) is 0 Å². The van der Waals surface area contributed by atoms with Crippen LogP contribution >= 0.6 is 0 Å². The summed E-state index contributed by atoms with van der Waals surface area (Å²) in [6, 6.07) is 20.5. The van der Waals surface area contributed by atoms with Gasteiger partial charge in [-0.2, -0.15) is 0 Å². The average molecular weight is 483 g/mol. The molecule has 3 rings (SSSR count). The van der Waals surface area contributed by atoms with E-state index in [1.165, 1.54) is 12.7 Å². The minimum absolute atomic E-state index is 0.00166. The summed E-state index contributed by atoms with van der Waals surface area (Å²) in [6.45, 7) is 10.3. The molecule has 5 nitrogen and oxygen atoms in total. The van der Waals surface area contributed by atoms with Crippen molar-refractivity contribution in [1.82, 2.24) is 0 Å². The van der Waals surface area contributed by atoms with Gasteiger partial charge < -0.3 is 18.9 Å². The molecule has 2 aromatic carbocycles. The number of esters is 1. The maximum absolute atomic E-state index is 12.2.